The number of cyclic esters (lactones) is 1. The third kappa shape index (κ3) is 21.0. The number of aliphatic hydroxyl groups excluding tert-OH is 4. The number of benzene rings is 3. The number of methoxy groups -OCH3 is 1. The molecule has 0 saturated carbocycles. The molecule has 0 bridgehead atoms. The maximum atomic E-state index is 14.9. The fourth-order valence-corrected chi connectivity index (χ4v) is 18.1. The molecular formula is C64H97Cl3F6N2O13P2. The Morgan fingerprint density at radius 3 is 1.71 bits per heavy atom. The number of unbranched alkanes of at least 4 members (excludes halogenated alkanes) is 4. The van der Waals surface area contributed by atoms with E-state index in [9.17, 15) is 60.3 Å². The molecule has 0 radical (unpaired) electrons. The maximum absolute atomic E-state index is 14.9. The molecule has 0 aliphatic carbocycles. The van der Waals surface area contributed by atoms with Crippen molar-refractivity contribution >= 4 is 77.7 Å². The van der Waals surface area contributed by atoms with Crippen LogP contribution >= 0.6 is 49.9 Å². The Balaban J connectivity index is 0.00000198. The first-order valence-corrected chi connectivity index (χ1v) is 36.1. The molecule has 15 nitrogen and oxygen atoms in total. The van der Waals surface area contributed by atoms with E-state index in [1.54, 1.807) is 46.4 Å². The molecule has 3 aromatic rings. The Morgan fingerprint density at radius 2 is 1.24 bits per heavy atom. The number of likely N-dealkylation sites (N-methyl/N-ethyl adjacent to an activating group) is 1. The van der Waals surface area contributed by atoms with Crippen LogP contribution in [-0.4, -0.2) is 172 Å². The van der Waals surface area contributed by atoms with Gasteiger partial charge in [0, 0.05) is 53.5 Å². The van der Waals surface area contributed by atoms with E-state index >= 15 is 0 Å². The van der Waals surface area contributed by atoms with E-state index in [2.05, 4.69) is 36.4 Å². The van der Waals surface area contributed by atoms with Gasteiger partial charge in [-0.1, -0.05) is 75.3 Å². The Hall–Kier alpha value is -2.53. The molecular weight excluding hydrogens is 1290 g/mol. The second-order valence-corrected chi connectivity index (χ2v) is 33.0. The fraction of sp³-hybridized carbons (Fsp3) is 0.688. The quantitative estimate of drug-likeness (QED) is 0.0329. The molecule has 0 unspecified atom stereocenters. The van der Waals surface area contributed by atoms with Crippen LogP contribution in [0.15, 0.2) is 72.8 Å². The minimum absolute atomic E-state index is 0.0571. The SMILES string of the molecule is CC[C@H]1OC(=O)[C@H](C)[C@@H](O[C@H]2C[C@@](C)(OC)[C@@H](O)[C@H](C)O2)[C@H](C)[C@@H](O[C@@H]2O[C@H](C)C[C@H](N(C)C)[C@H]2O)[C@](C)(O)C[C@@H](C)CN(C(=O)CCCCCCC[P+](c2ccc(Cl)cc2)(c2ccc(Cl)cc2)c2ccc(Cl)cc2)[C@H](C)[C@@H](O)[C@]1(C)CO.F[P-](F)(F)(F)(F)F. The van der Waals surface area contributed by atoms with Crippen molar-refractivity contribution in [1.29, 1.82) is 0 Å². The van der Waals surface area contributed by atoms with Crippen LogP contribution in [0.4, 0.5) is 25.2 Å². The summed E-state index contributed by atoms with van der Waals surface area (Å²) in [6.45, 7) is 17.2. The molecule has 0 spiro atoms. The second kappa shape index (κ2) is 31.1. The van der Waals surface area contributed by atoms with Crippen molar-refractivity contribution in [2.45, 2.75) is 218 Å². The molecule has 3 fully saturated rings. The summed E-state index contributed by atoms with van der Waals surface area (Å²) in [5, 5.41) is 65.6. The summed E-state index contributed by atoms with van der Waals surface area (Å²) < 4.78 is 97.8. The Bertz CT molecular complexity index is 2650. The molecule has 3 aliphatic rings. The zero-order chi connectivity index (χ0) is 67.8. The first kappa shape index (κ1) is 78.2. The van der Waals surface area contributed by atoms with E-state index in [0.29, 0.717) is 27.9 Å². The number of carbonyl (C=O) groups is 2. The van der Waals surface area contributed by atoms with Crippen molar-refractivity contribution in [3.63, 3.8) is 0 Å². The van der Waals surface area contributed by atoms with Crippen LogP contribution in [0.2, 0.25) is 15.1 Å². The van der Waals surface area contributed by atoms with Gasteiger partial charge in [-0.3, -0.25) is 9.59 Å². The van der Waals surface area contributed by atoms with Crippen molar-refractivity contribution in [3.05, 3.63) is 87.9 Å². The van der Waals surface area contributed by atoms with E-state index in [1.165, 1.54) is 23.0 Å². The monoisotopic (exact) mass is 1380 g/mol. The summed E-state index contributed by atoms with van der Waals surface area (Å²) in [5.74, 6) is -3.26. The molecule has 3 heterocycles. The van der Waals surface area contributed by atoms with Gasteiger partial charge in [-0.05, 0) is 173 Å². The molecule has 3 aromatic carbocycles. The van der Waals surface area contributed by atoms with Gasteiger partial charge in [0.2, 0.25) is 5.91 Å². The molecule has 5 N–H and O–H groups in total. The summed E-state index contributed by atoms with van der Waals surface area (Å²) in [6.07, 6.45) is -4.08. The summed E-state index contributed by atoms with van der Waals surface area (Å²) in [5.41, 5.74) is -4.27. The molecule has 18 atom stereocenters. The predicted octanol–water partition coefficient (Wildman–Crippen LogP) is 12.7. The van der Waals surface area contributed by atoms with E-state index < -0.39 is 123 Å². The zero-order valence-electron chi connectivity index (χ0n) is 54.0. The van der Waals surface area contributed by atoms with E-state index in [0.717, 1.165) is 31.8 Å². The van der Waals surface area contributed by atoms with Gasteiger partial charge in [0.1, 0.15) is 41.5 Å². The summed E-state index contributed by atoms with van der Waals surface area (Å²) in [4.78, 5) is 33.3. The molecule has 26 heteroatoms. The second-order valence-electron chi connectivity index (χ2n) is 26.1. The van der Waals surface area contributed by atoms with Crippen LogP contribution in [0.3, 0.4) is 0 Å². The van der Waals surface area contributed by atoms with Gasteiger partial charge < -0.3 is 63.8 Å². The normalized spacial score (nSPS) is 34.4. The van der Waals surface area contributed by atoms with Gasteiger partial charge in [0.15, 0.2) is 12.6 Å². The molecule has 0 aromatic heterocycles. The number of hydrogen-bond acceptors (Lipinski definition) is 14. The summed E-state index contributed by atoms with van der Waals surface area (Å²) in [7, 11) is -7.61. The third-order valence-electron chi connectivity index (χ3n) is 18.4. The average Bonchev–Trinajstić information content (AvgIpc) is 0.869. The summed E-state index contributed by atoms with van der Waals surface area (Å²) >= 11 is 19.3. The van der Waals surface area contributed by atoms with Crippen LogP contribution in [0.1, 0.15) is 133 Å². The number of esters is 1. The predicted molar refractivity (Wildman–Crippen MR) is 344 cm³/mol. The standard InChI is InChI=1S/C64H97Cl3N2O13P.F6P/c1-14-52-62(8,38-70)57(73)43(6)69(53(71)20-18-16-15-17-19-33-83(48-27-21-45(65)22-28-48,49-29-23-46(66)24-30-49)50-31-25-47(67)26-32-50)37-39(2)35-63(9,76)59(82-61-55(72)51(68(11)12)34-40(3)78-61)41(4)56(42(5)60(75)80-52)81-54-36-64(10,77-13)58(74)44(7)79-54;1-7(2,3,4,5)6/h21-32,39-44,51-52,54-59,61,70,72-74,76H,14-20,33-38H2,1-13H3;/q+1;-1/t39-,40-,41+,42-,43-,44+,51+,52-,54+,55-,56+,57-,58+,59-,61+,62-,63-,64-;/m1./s1. The number of amides is 1. The fourth-order valence-electron chi connectivity index (χ4n) is 13.4. The number of carbonyl (C=O) groups excluding carboxylic acids is 2. The molecule has 6 rings (SSSR count). The van der Waals surface area contributed by atoms with Crippen LogP contribution in [0, 0.1) is 23.2 Å². The number of aliphatic hydroxyl groups is 5. The van der Waals surface area contributed by atoms with Crippen molar-refractivity contribution in [3.8, 4) is 0 Å². The first-order valence-electron chi connectivity index (χ1n) is 31.0. The minimum atomic E-state index is -10.7. The van der Waals surface area contributed by atoms with Gasteiger partial charge >= 0.3 is 39.0 Å². The van der Waals surface area contributed by atoms with Crippen molar-refractivity contribution < 1.29 is 88.7 Å². The van der Waals surface area contributed by atoms with Crippen LogP contribution in [-0.2, 0) is 38.0 Å². The molecule has 90 heavy (non-hydrogen) atoms. The number of rotatable bonds is 19. The number of nitrogens with zero attached hydrogens (tertiary/aromatic N) is 2. The molecule has 514 valence electrons. The van der Waals surface area contributed by atoms with Crippen LogP contribution in [0.5, 0.6) is 0 Å². The first-order chi connectivity index (χ1) is 41.5. The van der Waals surface area contributed by atoms with E-state index in [1.807, 2.05) is 83.1 Å². The number of hydrogen-bond donors (Lipinski definition) is 5. The van der Waals surface area contributed by atoms with E-state index in [4.69, 9.17) is 63.2 Å². The Morgan fingerprint density at radius 1 is 0.756 bits per heavy atom. The average molecular weight is 1380 g/mol. The zero-order valence-corrected chi connectivity index (χ0v) is 58.0. The number of ether oxygens (including phenoxy) is 6. The third-order valence-corrected chi connectivity index (χ3v) is 23.7. The Kier molecular flexibility index (Phi) is 27.0. The van der Waals surface area contributed by atoms with Crippen molar-refractivity contribution in [1.82, 2.24) is 9.80 Å². The molecule has 3 aliphatic heterocycles. The van der Waals surface area contributed by atoms with Crippen molar-refractivity contribution in [2.75, 3.05) is 40.5 Å². The van der Waals surface area contributed by atoms with Crippen LogP contribution < -0.4 is 15.9 Å². The van der Waals surface area contributed by atoms with Gasteiger partial charge in [-0.15, -0.1) is 0 Å². The number of halogens is 9. The van der Waals surface area contributed by atoms with Crippen molar-refractivity contribution in [2.24, 2.45) is 23.2 Å². The van der Waals surface area contributed by atoms with Gasteiger partial charge in [0.25, 0.3) is 0 Å². The van der Waals surface area contributed by atoms with Crippen LogP contribution in [0.25, 0.3) is 0 Å². The molecule has 1 amide bonds. The van der Waals surface area contributed by atoms with E-state index in [-0.39, 0.29) is 50.3 Å². The van der Waals surface area contributed by atoms with Gasteiger partial charge in [-0.2, -0.15) is 0 Å². The molecule has 3 saturated heterocycles. The Labute approximate surface area is 543 Å². The van der Waals surface area contributed by atoms with Gasteiger partial charge in [-0.25, -0.2) is 0 Å². The topological polar surface area (TPSA) is 197 Å². The summed E-state index contributed by atoms with van der Waals surface area (Å²) in [6, 6.07) is 23.2. The van der Waals surface area contributed by atoms with Gasteiger partial charge in [0.05, 0.1) is 71.9 Å².